The summed E-state index contributed by atoms with van der Waals surface area (Å²) in [6.45, 7) is 0. The zero-order valence-electron chi connectivity index (χ0n) is 9.88. The Morgan fingerprint density at radius 3 is 2.58 bits per heavy atom. The van der Waals surface area contributed by atoms with Crippen molar-refractivity contribution >= 4 is 28.4 Å². The van der Waals surface area contributed by atoms with Crippen LogP contribution in [0.5, 0.6) is 0 Å². The highest BCUT2D eigenvalue weighted by Gasteiger charge is 2.10. The first kappa shape index (κ1) is 13.8. The fraction of sp³-hybridized carbons (Fsp3) is 0.0714. The highest BCUT2D eigenvalue weighted by atomic mass is 35.5. The van der Waals surface area contributed by atoms with Gasteiger partial charge in [0.25, 0.3) is 0 Å². The molecule has 0 spiro atoms. The van der Waals surface area contributed by atoms with Gasteiger partial charge in [-0.1, -0.05) is 35.9 Å². The molecule has 2 aromatic rings. The van der Waals surface area contributed by atoms with Crippen LogP contribution in [-0.2, 0) is 16.6 Å². The molecule has 3 nitrogen and oxygen atoms in total. The molecule has 0 saturated carbocycles. The molecule has 0 aliphatic rings. The second kappa shape index (κ2) is 5.99. The fourth-order valence-corrected chi connectivity index (χ4v) is 3.20. The normalized spacial score (nSPS) is 12.1. The number of carboxylic acid groups (broad SMARTS) is 1. The molecule has 0 heterocycles. The van der Waals surface area contributed by atoms with Gasteiger partial charge in [-0.15, -0.1) is 0 Å². The largest absolute Gasteiger partial charge is 0.478 e. The lowest BCUT2D eigenvalue weighted by Crippen LogP contribution is -2.00. The average Bonchev–Trinajstić information content (AvgIpc) is 2.39. The first-order chi connectivity index (χ1) is 9.08. The smallest absolute Gasteiger partial charge is 0.335 e. The van der Waals surface area contributed by atoms with Crippen molar-refractivity contribution in [3.63, 3.8) is 0 Å². The maximum absolute atomic E-state index is 12.2. The molecule has 98 valence electrons. The van der Waals surface area contributed by atoms with Crippen LogP contribution in [0.2, 0.25) is 5.02 Å². The summed E-state index contributed by atoms with van der Waals surface area (Å²) in [4.78, 5) is 11.4. The van der Waals surface area contributed by atoms with E-state index in [1.54, 1.807) is 36.4 Å². The van der Waals surface area contributed by atoms with Crippen LogP contribution in [0.1, 0.15) is 15.9 Å². The number of rotatable bonds is 4. The minimum Gasteiger partial charge on any atom is -0.478 e. The molecule has 0 amide bonds. The summed E-state index contributed by atoms with van der Waals surface area (Å²) in [7, 11) is -1.29. The van der Waals surface area contributed by atoms with Crippen LogP contribution in [0.3, 0.4) is 0 Å². The minimum atomic E-state index is -1.29. The molecule has 0 saturated heterocycles. The molecule has 0 aliphatic heterocycles. The van der Waals surface area contributed by atoms with Gasteiger partial charge in [-0.05, 0) is 29.8 Å². The van der Waals surface area contributed by atoms with E-state index in [0.717, 1.165) is 0 Å². The SMILES string of the molecule is O=C(O)c1cccc(CS(=O)c2ccccc2Cl)c1. The molecular formula is C14H11ClO3S. The number of halogens is 1. The Labute approximate surface area is 118 Å². The van der Waals surface area contributed by atoms with Gasteiger partial charge in [-0.3, -0.25) is 4.21 Å². The lowest BCUT2D eigenvalue weighted by molar-refractivity contribution is 0.0697. The van der Waals surface area contributed by atoms with Gasteiger partial charge in [0, 0.05) is 0 Å². The maximum Gasteiger partial charge on any atom is 0.335 e. The van der Waals surface area contributed by atoms with E-state index in [4.69, 9.17) is 16.7 Å². The first-order valence-electron chi connectivity index (χ1n) is 5.53. The van der Waals surface area contributed by atoms with E-state index in [2.05, 4.69) is 0 Å². The number of carbonyl (C=O) groups is 1. The molecule has 2 aromatic carbocycles. The second-order valence-electron chi connectivity index (χ2n) is 3.93. The minimum absolute atomic E-state index is 0.189. The Kier molecular flexibility index (Phi) is 4.35. The predicted octanol–water partition coefficient (Wildman–Crippen LogP) is 3.35. The van der Waals surface area contributed by atoms with Crippen LogP contribution in [0.15, 0.2) is 53.4 Å². The van der Waals surface area contributed by atoms with Gasteiger partial charge < -0.3 is 5.11 Å². The van der Waals surface area contributed by atoms with Crippen molar-refractivity contribution in [3.05, 3.63) is 64.7 Å². The van der Waals surface area contributed by atoms with Crippen LogP contribution in [0.4, 0.5) is 0 Å². The highest BCUT2D eigenvalue weighted by molar-refractivity contribution is 7.84. The summed E-state index contributed by atoms with van der Waals surface area (Å²) >= 11 is 5.98. The van der Waals surface area contributed by atoms with E-state index in [1.807, 2.05) is 0 Å². The third-order valence-electron chi connectivity index (χ3n) is 2.55. The molecule has 19 heavy (non-hydrogen) atoms. The van der Waals surface area contributed by atoms with E-state index >= 15 is 0 Å². The lowest BCUT2D eigenvalue weighted by Gasteiger charge is -2.05. The van der Waals surface area contributed by atoms with Gasteiger partial charge in [-0.25, -0.2) is 4.79 Å². The van der Waals surface area contributed by atoms with Crippen LogP contribution < -0.4 is 0 Å². The van der Waals surface area contributed by atoms with Gasteiger partial charge in [0.2, 0.25) is 0 Å². The third kappa shape index (κ3) is 3.43. The first-order valence-corrected chi connectivity index (χ1v) is 7.23. The van der Waals surface area contributed by atoms with Gasteiger partial charge in [0.15, 0.2) is 0 Å². The van der Waals surface area contributed by atoms with Crippen molar-refractivity contribution in [2.75, 3.05) is 0 Å². The zero-order chi connectivity index (χ0) is 13.8. The molecule has 0 radical (unpaired) electrons. The number of hydrogen-bond donors (Lipinski definition) is 1. The average molecular weight is 295 g/mol. The fourth-order valence-electron chi connectivity index (χ4n) is 1.65. The van der Waals surface area contributed by atoms with Crippen molar-refractivity contribution in [2.45, 2.75) is 10.6 Å². The third-order valence-corrected chi connectivity index (χ3v) is 4.44. The molecule has 0 fully saturated rings. The monoisotopic (exact) mass is 294 g/mol. The second-order valence-corrected chi connectivity index (χ2v) is 5.75. The van der Waals surface area contributed by atoms with Crippen molar-refractivity contribution in [1.29, 1.82) is 0 Å². The standard InChI is InChI=1S/C14H11ClO3S/c15-12-6-1-2-7-13(12)19(18)9-10-4-3-5-11(8-10)14(16)17/h1-8H,9H2,(H,16,17). The molecule has 0 bridgehead atoms. The van der Waals surface area contributed by atoms with E-state index < -0.39 is 16.8 Å². The highest BCUT2D eigenvalue weighted by Crippen LogP contribution is 2.21. The summed E-state index contributed by atoms with van der Waals surface area (Å²) in [5, 5.41) is 9.36. The van der Waals surface area contributed by atoms with Gasteiger partial charge >= 0.3 is 5.97 Å². The number of aromatic carboxylic acids is 1. The summed E-state index contributed by atoms with van der Waals surface area (Å²) in [5.41, 5.74) is 0.895. The van der Waals surface area contributed by atoms with Crippen LogP contribution in [0, 0.1) is 0 Å². The van der Waals surface area contributed by atoms with Crippen molar-refractivity contribution < 1.29 is 14.1 Å². The summed E-state index contributed by atoms with van der Waals surface area (Å²) in [6.07, 6.45) is 0. The van der Waals surface area contributed by atoms with Gasteiger partial charge in [0.1, 0.15) is 0 Å². The van der Waals surface area contributed by atoms with E-state index in [0.29, 0.717) is 15.5 Å². The molecule has 1 N–H and O–H groups in total. The van der Waals surface area contributed by atoms with E-state index in [-0.39, 0.29) is 11.3 Å². The molecule has 2 rings (SSSR count). The quantitative estimate of drug-likeness (QED) is 0.941. The molecule has 0 aromatic heterocycles. The summed E-state index contributed by atoms with van der Waals surface area (Å²) in [6, 6.07) is 13.4. The van der Waals surface area contributed by atoms with Crippen LogP contribution in [-0.4, -0.2) is 15.3 Å². The zero-order valence-corrected chi connectivity index (χ0v) is 11.4. The maximum atomic E-state index is 12.2. The predicted molar refractivity (Wildman–Crippen MR) is 75.0 cm³/mol. The van der Waals surface area contributed by atoms with Crippen LogP contribution >= 0.6 is 11.6 Å². The molecule has 1 atom stereocenters. The number of carboxylic acids is 1. The lowest BCUT2D eigenvalue weighted by atomic mass is 10.1. The molecule has 5 heteroatoms. The Bertz CT molecular complexity index is 640. The molecule has 1 unspecified atom stereocenters. The van der Waals surface area contributed by atoms with Crippen molar-refractivity contribution in [2.24, 2.45) is 0 Å². The summed E-state index contributed by atoms with van der Waals surface area (Å²) in [5.74, 6) is -0.754. The Hall–Kier alpha value is -1.65. The molecule has 0 aliphatic carbocycles. The van der Waals surface area contributed by atoms with Crippen LogP contribution in [0.25, 0.3) is 0 Å². The van der Waals surface area contributed by atoms with Gasteiger partial charge in [-0.2, -0.15) is 0 Å². The van der Waals surface area contributed by atoms with Gasteiger partial charge in [0.05, 0.1) is 32.0 Å². The van der Waals surface area contributed by atoms with E-state index in [9.17, 15) is 9.00 Å². The Balaban J connectivity index is 2.22. The molecular weight excluding hydrogens is 284 g/mol. The number of hydrogen-bond acceptors (Lipinski definition) is 2. The van der Waals surface area contributed by atoms with Crippen molar-refractivity contribution in [1.82, 2.24) is 0 Å². The number of benzene rings is 2. The topological polar surface area (TPSA) is 54.4 Å². The Morgan fingerprint density at radius 2 is 1.89 bits per heavy atom. The Morgan fingerprint density at radius 1 is 1.16 bits per heavy atom. The van der Waals surface area contributed by atoms with Crippen molar-refractivity contribution in [3.8, 4) is 0 Å². The van der Waals surface area contributed by atoms with E-state index in [1.165, 1.54) is 12.1 Å². The summed E-state index contributed by atoms with van der Waals surface area (Å²) < 4.78 is 12.2.